The third-order valence-corrected chi connectivity index (χ3v) is 4.21. The first-order valence-corrected chi connectivity index (χ1v) is 8.25. The van der Waals surface area contributed by atoms with E-state index in [0.717, 1.165) is 12.0 Å². The molecule has 4 rings (SSSR count). The molecule has 2 aromatic carbocycles. The molecule has 0 unspecified atom stereocenters. The minimum absolute atomic E-state index is 0.301. The number of fused-ring (bicyclic) bond motifs is 1. The predicted octanol–water partition coefficient (Wildman–Crippen LogP) is 4.05. The minimum Gasteiger partial charge on any atom is -0.490 e. The molecule has 0 fully saturated rings. The van der Waals surface area contributed by atoms with Crippen LogP contribution in [0.25, 0.3) is 0 Å². The van der Waals surface area contributed by atoms with Gasteiger partial charge in [0.1, 0.15) is 18.2 Å². The summed E-state index contributed by atoms with van der Waals surface area (Å²) in [5, 5.41) is 0. The molecule has 0 amide bonds. The summed E-state index contributed by atoms with van der Waals surface area (Å²) in [6.07, 6.45) is 4.45. The standard InChI is InChI=1S/C20H18FN3O/c1-14-3-2-4-15(9-14)10-16-12-22-20(23-13-16)24-7-8-25-19-6-5-17(21)11-18(19)24/h2-6,9,11-13H,7-8,10H2,1H3. The highest BCUT2D eigenvalue weighted by atomic mass is 19.1. The minimum atomic E-state index is -0.301. The summed E-state index contributed by atoms with van der Waals surface area (Å²) in [4.78, 5) is 10.9. The fourth-order valence-electron chi connectivity index (χ4n) is 3.04. The summed E-state index contributed by atoms with van der Waals surface area (Å²) < 4.78 is 19.2. The number of halogens is 1. The molecule has 5 heteroatoms. The Morgan fingerprint density at radius 3 is 2.72 bits per heavy atom. The first-order valence-electron chi connectivity index (χ1n) is 8.25. The van der Waals surface area contributed by atoms with Gasteiger partial charge < -0.3 is 9.64 Å². The molecule has 0 saturated heterocycles. The van der Waals surface area contributed by atoms with Gasteiger partial charge >= 0.3 is 0 Å². The summed E-state index contributed by atoms with van der Waals surface area (Å²) >= 11 is 0. The van der Waals surface area contributed by atoms with Gasteiger partial charge in [0.25, 0.3) is 0 Å². The summed E-state index contributed by atoms with van der Waals surface area (Å²) in [7, 11) is 0. The second kappa shape index (κ2) is 6.51. The Kier molecular flexibility index (Phi) is 4.06. The van der Waals surface area contributed by atoms with Crippen molar-refractivity contribution in [1.29, 1.82) is 0 Å². The van der Waals surface area contributed by atoms with Crippen molar-refractivity contribution in [3.05, 3.63) is 77.4 Å². The lowest BCUT2D eigenvalue weighted by molar-refractivity contribution is 0.312. The average molecular weight is 335 g/mol. The van der Waals surface area contributed by atoms with Crippen molar-refractivity contribution in [2.75, 3.05) is 18.1 Å². The molecule has 0 bridgehead atoms. The Morgan fingerprint density at radius 1 is 1.08 bits per heavy atom. The van der Waals surface area contributed by atoms with Crippen LogP contribution in [0, 0.1) is 12.7 Å². The van der Waals surface area contributed by atoms with Crippen LogP contribution >= 0.6 is 0 Å². The van der Waals surface area contributed by atoms with Crippen LogP contribution in [0.4, 0.5) is 16.0 Å². The topological polar surface area (TPSA) is 38.2 Å². The van der Waals surface area contributed by atoms with Gasteiger partial charge in [-0.2, -0.15) is 0 Å². The van der Waals surface area contributed by atoms with Crippen molar-refractivity contribution in [1.82, 2.24) is 9.97 Å². The van der Waals surface area contributed by atoms with Crippen molar-refractivity contribution < 1.29 is 9.13 Å². The van der Waals surface area contributed by atoms with Crippen molar-refractivity contribution in [3.63, 3.8) is 0 Å². The molecule has 1 aromatic heterocycles. The van der Waals surface area contributed by atoms with Crippen LogP contribution in [0.1, 0.15) is 16.7 Å². The second-order valence-corrected chi connectivity index (χ2v) is 6.17. The molecule has 4 nitrogen and oxygen atoms in total. The van der Waals surface area contributed by atoms with Gasteiger partial charge in [0.05, 0.1) is 12.2 Å². The van der Waals surface area contributed by atoms with Gasteiger partial charge in [-0.05, 0) is 30.2 Å². The number of aromatic nitrogens is 2. The SMILES string of the molecule is Cc1cccc(Cc2cnc(N3CCOc4ccc(F)cc43)nc2)c1. The molecule has 0 N–H and O–H groups in total. The number of nitrogens with zero attached hydrogens (tertiary/aromatic N) is 3. The Morgan fingerprint density at radius 2 is 1.92 bits per heavy atom. The van der Waals surface area contributed by atoms with Gasteiger partial charge in [0.15, 0.2) is 0 Å². The molecular weight excluding hydrogens is 317 g/mol. The summed E-state index contributed by atoms with van der Waals surface area (Å²) in [6.45, 7) is 3.19. The first-order chi connectivity index (χ1) is 12.2. The number of aryl methyl sites for hydroxylation is 1. The molecule has 126 valence electrons. The van der Waals surface area contributed by atoms with E-state index < -0.39 is 0 Å². The molecule has 0 radical (unpaired) electrons. The van der Waals surface area contributed by atoms with E-state index in [1.807, 2.05) is 17.3 Å². The number of benzene rings is 2. The van der Waals surface area contributed by atoms with Gasteiger partial charge in [-0.1, -0.05) is 29.8 Å². The number of anilines is 2. The fourth-order valence-corrected chi connectivity index (χ4v) is 3.04. The Labute approximate surface area is 145 Å². The van der Waals surface area contributed by atoms with Gasteiger partial charge in [0, 0.05) is 24.9 Å². The normalized spacial score (nSPS) is 13.3. The molecule has 0 aliphatic carbocycles. The van der Waals surface area contributed by atoms with E-state index in [9.17, 15) is 4.39 Å². The van der Waals surface area contributed by atoms with E-state index in [-0.39, 0.29) is 5.82 Å². The highest BCUT2D eigenvalue weighted by molar-refractivity contribution is 5.66. The lowest BCUT2D eigenvalue weighted by Crippen LogP contribution is -2.30. The predicted molar refractivity (Wildman–Crippen MR) is 94.9 cm³/mol. The molecule has 25 heavy (non-hydrogen) atoms. The lowest BCUT2D eigenvalue weighted by Gasteiger charge is -2.29. The zero-order valence-corrected chi connectivity index (χ0v) is 13.9. The molecular formula is C20H18FN3O. The smallest absolute Gasteiger partial charge is 0.230 e. The van der Waals surface area contributed by atoms with Gasteiger partial charge in [-0.15, -0.1) is 0 Å². The molecule has 0 spiro atoms. The molecule has 2 heterocycles. The van der Waals surface area contributed by atoms with E-state index in [1.54, 1.807) is 6.07 Å². The Hall–Kier alpha value is -2.95. The third kappa shape index (κ3) is 3.31. The maximum atomic E-state index is 13.6. The lowest BCUT2D eigenvalue weighted by atomic mass is 10.1. The van der Waals surface area contributed by atoms with Crippen LogP contribution in [-0.2, 0) is 6.42 Å². The Balaban J connectivity index is 1.58. The number of hydrogen-bond donors (Lipinski definition) is 0. The van der Waals surface area contributed by atoms with Crippen molar-refractivity contribution >= 4 is 11.6 Å². The number of ether oxygens (including phenoxy) is 1. The first kappa shape index (κ1) is 15.6. The maximum Gasteiger partial charge on any atom is 0.230 e. The number of rotatable bonds is 3. The van der Waals surface area contributed by atoms with Crippen LogP contribution in [0.3, 0.4) is 0 Å². The van der Waals surface area contributed by atoms with Crippen molar-refractivity contribution in [2.24, 2.45) is 0 Å². The van der Waals surface area contributed by atoms with E-state index >= 15 is 0 Å². The fraction of sp³-hybridized carbons (Fsp3) is 0.200. The molecule has 0 atom stereocenters. The largest absolute Gasteiger partial charge is 0.490 e. The van der Waals surface area contributed by atoms with E-state index in [4.69, 9.17) is 4.74 Å². The quantitative estimate of drug-likeness (QED) is 0.724. The van der Waals surface area contributed by atoms with Crippen LogP contribution in [-0.4, -0.2) is 23.1 Å². The molecule has 0 saturated carbocycles. The van der Waals surface area contributed by atoms with E-state index in [2.05, 4.69) is 41.2 Å². The average Bonchev–Trinajstić information content (AvgIpc) is 2.62. The highest BCUT2D eigenvalue weighted by Gasteiger charge is 2.22. The van der Waals surface area contributed by atoms with Gasteiger partial charge in [-0.25, -0.2) is 14.4 Å². The number of hydrogen-bond acceptors (Lipinski definition) is 4. The Bertz CT molecular complexity index is 896. The van der Waals surface area contributed by atoms with Crippen LogP contribution in [0.15, 0.2) is 54.9 Å². The van der Waals surface area contributed by atoms with Crippen molar-refractivity contribution in [2.45, 2.75) is 13.3 Å². The maximum absolute atomic E-state index is 13.6. The molecule has 1 aliphatic rings. The van der Waals surface area contributed by atoms with Gasteiger partial charge in [-0.3, -0.25) is 0 Å². The van der Waals surface area contributed by atoms with Gasteiger partial charge in [0.2, 0.25) is 5.95 Å². The summed E-state index contributed by atoms with van der Waals surface area (Å²) in [5.41, 5.74) is 4.18. The highest BCUT2D eigenvalue weighted by Crippen LogP contribution is 2.35. The van der Waals surface area contributed by atoms with Crippen molar-refractivity contribution in [3.8, 4) is 5.75 Å². The summed E-state index contributed by atoms with van der Waals surface area (Å²) in [6, 6.07) is 12.9. The van der Waals surface area contributed by atoms with Crippen LogP contribution in [0.5, 0.6) is 5.75 Å². The third-order valence-electron chi connectivity index (χ3n) is 4.21. The summed E-state index contributed by atoms with van der Waals surface area (Å²) in [5.74, 6) is 0.911. The van der Waals surface area contributed by atoms with E-state index in [0.29, 0.717) is 30.5 Å². The van der Waals surface area contributed by atoms with E-state index in [1.165, 1.54) is 23.3 Å². The molecule has 3 aromatic rings. The molecule has 1 aliphatic heterocycles. The monoisotopic (exact) mass is 335 g/mol. The second-order valence-electron chi connectivity index (χ2n) is 6.17. The zero-order chi connectivity index (χ0) is 17.2. The van der Waals surface area contributed by atoms with Crippen LogP contribution in [0.2, 0.25) is 0 Å². The zero-order valence-electron chi connectivity index (χ0n) is 13.9. The van der Waals surface area contributed by atoms with Crippen LogP contribution < -0.4 is 9.64 Å².